The first-order chi connectivity index (χ1) is 15.1. The van der Waals surface area contributed by atoms with E-state index in [2.05, 4.69) is 66.7 Å². The lowest BCUT2D eigenvalue weighted by atomic mass is 9.62. The van der Waals surface area contributed by atoms with Crippen molar-refractivity contribution in [2.75, 3.05) is 0 Å². The van der Waals surface area contributed by atoms with E-state index in [9.17, 15) is 0 Å². The smallest absolute Gasteiger partial charge is 0.0143 e. The molecule has 0 aromatic carbocycles. The molecule has 0 radical (unpaired) electrons. The molecule has 3 aliphatic rings. The second-order valence-electron chi connectivity index (χ2n) is 13.3. The Morgan fingerprint density at radius 1 is 1.00 bits per heavy atom. The van der Waals surface area contributed by atoms with Gasteiger partial charge in [0.25, 0.3) is 0 Å². The zero-order chi connectivity index (χ0) is 23.4. The van der Waals surface area contributed by atoms with Crippen molar-refractivity contribution in [1.82, 2.24) is 0 Å². The average Bonchev–Trinajstić information content (AvgIpc) is 3.05. The summed E-state index contributed by atoms with van der Waals surface area (Å²) < 4.78 is 0. The maximum Gasteiger partial charge on any atom is -0.0143 e. The second kappa shape index (κ2) is 11.1. The number of rotatable bonds is 7. The fourth-order valence-electron chi connectivity index (χ4n) is 7.53. The molecule has 5 unspecified atom stereocenters. The quantitative estimate of drug-likeness (QED) is 0.274. The molecule has 0 bridgehead atoms. The molecule has 0 aromatic heterocycles. The van der Waals surface area contributed by atoms with Gasteiger partial charge in [-0.15, -0.1) is 0 Å². The summed E-state index contributed by atoms with van der Waals surface area (Å²) in [5.41, 5.74) is 6.31. The number of hydrogen-bond acceptors (Lipinski definition) is 0. The summed E-state index contributed by atoms with van der Waals surface area (Å²) in [5.74, 6) is 3.29. The van der Waals surface area contributed by atoms with Crippen LogP contribution in [0.4, 0.5) is 0 Å². The highest BCUT2D eigenvalue weighted by Crippen LogP contribution is 2.58. The molecule has 0 aromatic rings. The van der Waals surface area contributed by atoms with E-state index in [1.54, 1.807) is 16.7 Å². The lowest BCUT2D eigenvalue weighted by Crippen LogP contribution is -2.33. The summed E-state index contributed by atoms with van der Waals surface area (Å²) in [5, 5.41) is 0. The molecule has 3 fully saturated rings. The number of allylic oxidation sites excluding steroid dienone is 6. The molecule has 3 aliphatic carbocycles. The molecule has 5 atom stereocenters. The Labute approximate surface area is 201 Å². The Morgan fingerprint density at radius 2 is 1.72 bits per heavy atom. The Morgan fingerprint density at radius 3 is 2.38 bits per heavy atom. The summed E-state index contributed by atoms with van der Waals surface area (Å²) in [7, 11) is 0. The first-order valence-electron chi connectivity index (χ1n) is 14.2. The van der Waals surface area contributed by atoms with Gasteiger partial charge in [-0.1, -0.05) is 103 Å². The first kappa shape index (κ1) is 25.8. The van der Waals surface area contributed by atoms with Gasteiger partial charge in [0, 0.05) is 0 Å². The van der Waals surface area contributed by atoms with Gasteiger partial charge in [-0.2, -0.15) is 0 Å². The minimum Gasteiger partial charge on any atom is -0.0848 e. The predicted molar refractivity (Wildman–Crippen MR) is 143 cm³/mol. The van der Waals surface area contributed by atoms with E-state index in [0.29, 0.717) is 10.8 Å². The van der Waals surface area contributed by atoms with Crippen molar-refractivity contribution in [2.45, 2.75) is 132 Å². The highest BCUT2D eigenvalue weighted by atomic mass is 14.5. The average molecular weight is 439 g/mol. The number of fused-ring (bicyclic) bond motifs is 1. The highest BCUT2D eigenvalue weighted by Gasteiger charge is 2.48. The summed E-state index contributed by atoms with van der Waals surface area (Å²) in [4.78, 5) is 0. The van der Waals surface area contributed by atoms with Crippen LogP contribution < -0.4 is 0 Å². The molecule has 0 nitrogen and oxygen atoms in total. The molecule has 3 rings (SSSR count). The van der Waals surface area contributed by atoms with Gasteiger partial charge in [0.15, 0.2) is 0 Å². The van der Waals surface area contributed by atoms with Crippen LogP contribution in [0.25, 0.3) is 0 Å². The Hall–Kier alpha value is -0.780. The third-order valence-corrected chi connectivity index (χ3v) is 9.37. The number of unbranched alkanes of at least 4 members (excludes halogenated alkanes) is 2. The van der Waals surface area contributed by atoms with Crippen molar-refractivity contribution in [3.05, 3.63) is 34.9 Å². The topological polar surface area (TPSA) is 0 Å². The maximum atomic E-state index is 2.66. The standard InChI is InChI=1S/C32H54/c1-8-9-15-29-24(2)22-26(23-25(29)3)16-17-27-13-12-21-32(7)28(18-19-30(27)32)14-10-11-20-31(4,5)6/h15-17,24-25,28,30H,8-14,18-23H2,1-7H3/b26-16?,27-17+,29-15?. The molecule has 0 aliphatic heterocycles. The van der Waals surface area contributed by atoms with Crippen molar-refractivity contribution in [1.29, 1.82) is 0 Å². The summed E-state index contributed by atoms with van der Waals surface area (Å²) in [6, 6.07) is 0. The number of hydrogen-bond donors (Lipinski definition) is 0. The van der Waals surface area contributed by atoms with Crippen molar-refractivity contribution in [2.24, 2.45) is 34.5 Å². The van der Waals surface area contributed by atoms with Gasteiger partial charge in [0.2, 0.25) is 0 Å². The van der Waals surface area contributed by atoms with Crippen LogP contribution in [0.2, 0.25) is 0 Å². The zero-order valence-electron chi connectivity index (χ0n) is 22.7. The van der Waals surface area contributed by atoms with E-state index in [-0.39, 0.29) is 0 Å². The van der Waals surface area contributed by atoms with Gasteiger partial charge >= 0.3 is 0 Å². The molecule has 0 heterocycles. The Bertz CT molecular complexity index is 680. The van der Waals surface area contributed by atoms with E-state index < -0.39 is 0 Å². The van der Waals surface area contributed by atoms with Crippen molar-refractivity contribution in [3.63, 3.8) is 0 Å². The fraction of sp³-hybridized carbons (Fsp3) is 0.812. The van der Waals surface area contributed by atoms with Crippen LogP contribution in [0.15, 0.2) is 34.9 Å². The van der Waals surface area contributed by atoms with Gasteiger partial charge in [-0.05, 0) is 98.7 Å². The minimum atomic E-state index is 0.497. The van der Waals surface area contributed by atoms with Crippen LogP contribution in [0.5, 0.6) is 0 Å². The molecule has 0 spiro atoms. The molecule has 0 amide bonds. The van der Waals surface area contributed by atoms with Crippen LogP contribution in [0.1, 0.15) is 132 Å². The maximum absolute atomic E-state index is 2.66. The normalized spacial score (nSPS) is 34.7. The minimum absolute atomic E-state index is 0.497. The van der Waals surface area contributed by atoms with Crippen molar-refractivity contribution >= 4 is 0 Å². The monoisotopic (exact) mass is 438 g/mol. The molecular weight excluding hydrogens is 384 g/mol. The molecule has 0 saturated heterocycles. The van der Waals surface area contributed by atoms with E-state index in [1.165, 1.54) is 83.5 Å². The second-order valence-corrected chi connectivity index (χ2v) is 13.3. The van der Waals surface area contributed by atoms with E-state index >= 15 is 0 Å². The van der Waals surface area contributed by atoms with E-state index in [1.807, 2.05) is 0 Å². The van der Waals surface area contributed by atoms with Gasteiger partial charge in [-0.3, -0.25) is 0 Å². The van der Waals surface area contributed by atoms with Crippen LogP contribution in [-0.4, -0.2) is 0 Å². The molecule has 0 N–H and O–H groups in total. The van der Waals surface area contributed by atoms with Gasteiger partial charge in [0.05, 0.1) is 0 Å². The van der Waals surface area contributed by atoms with Crippen LogP contribution >= 0.6 is 0 Å². The molecule has 0 heteroatoms. The fourth-order valence-corrected chi connectivity index (χ4v) is 7.53. The summed E-state index contributed by atoms with van der Waals surface area (Å²) in [6.45, 7) is 17.0. The molecule has 182 valence electrons. The highest BCUT2D eigenvalue weighted by molar-refractivity contribution is 5.29. The first-order valence-corrected chi connectivity index (χ1v) is 14.2. The van der Waals surface area contributed by atoms with E-state index in [0.717, 1.165) is 23.7 Å². The summed E-state index contributed by atoms with van der Waals surface area (Å²) in [6.07, 6.45) is 25.7. The van der Waals surface area contributed by atoms with Gasteiger partial charge in [-0.25, -0.2) is 0 Å². The Kier molecular flexibility index (Phi) is 8.96. The van der Waals surface area contributed by atoms with Crippen LogP contribution in [0, 0.1) is 34.5 Å². The lowest BCUT2D eigenvalue weighted by molar-refractivity contribution is 0.126. The largest absolute Gasteiger partial charge is 0.0848 e. The predicted octanol–water partition coefficient (Wildman–Crippen LogP) is 10.5. The Balaban J connectivity index is 1.62. The van der Waals surface area contributed by atoms with Crippen LogP contribution in [-0.2, 0) is 0 Å². The zero-order valence-corrected chi connectivity index (χ0v) is 22.7. The van der Waals surface area contributed by atoms with Gasteiger partial charge < -0.3 is 0 Å². The van der Waals surface area contributed by atoms with Crippen LogP contribution in [0.3, 0.4) is 0 Å². The third-order valence-electron chi connectivity index (χ3n) is 9.37. The van der Waals surface area contributed by atoms with Crippen molar-refractivity contribution in [3.8, 4) is 0 Å². The third kappa shape index (κ3) is 6.42. The molecular formula is C32H54. The SMILES string of the molecule is CCCC=C1C(C)CC(=C/C=C2\CCCC3(C)C(CCCCC(C)(C)C)CCC23)CC1C. The van der Waals surface area contributed by atoms with Gasteiger partial charge in [0.1, 0.15) is 0 Å². The molecule has 3 saturated carbocycles. The summed E-state index contributed by atoms with van der Waals surface area (Å²) >= 11 is 0. The lowest BCUT2D eigenvalue weighted by Gasteiger charge is -2.42. The van der Waals surface area contributed by atoms with E-state index in [4.69, 9.17) is 0 Å². The van der Waals surface area contributed by atoms with Crippen molar-refractivity contribution < 1.29 is 0 Å². The molecule has 32 heavy (non-hydrogen) atoms.